The highest BCUT2D eigenvalue weighted by molar-refractivity contribution is 7.89. The number of sulfonamides is 1. The van der Waals surface area contributed by atoms with Gasteiger partial charge in [-0.2, -0.15) is 0 Å². The van der Waals surface area contributed by atoms with Gasteiger partial charge in [0, 0.05) is 57.9 Å². The Morgan fingerprint density at radius 2 is 1.70 bits per heavy atom. The second kappa shape index (κ2) is 8.68. The zero-order valence-electron chi connectivity index (χ0n) is 17.2. The van der Waals surface area contributed by atoms with Crippen molar-refractivity contribution in [2.24, 2.45) is 0 Å². The molecule has 0 radical (unpaired) electrons. The number of hydrogen-bond acceptors (Lipinski definition) is 5. The maximum absolute atomic E-state index is 13.0. The molecule has 2 rings (SSSR count). The van der Waals surface area contributed by atoms with Crippen molar-refractivity contribution in [3.05, 3.63) is 29.8 Å². The lowest BCUT2D eigenvalue weighted by Crippen LogP contribution is -2.59. The van der Waals surface area contributed by atoms with Gasteiger partial charge in [-0.25, -0.2) is 12.7 Å². The highest BCUT2D eigenvalue weighted by Crippen LogP contribution is 2.20. The summed E-state index contributed by atoms with van der Waals surface area (Å²) in [6.07, 6.45) is 0. The number of piperazine rings is 1. The molecule has 152 valence electrons. The summed E-state index contributed by atoms with van der Waals surface area (Å²) in [6, 6.07) is 6.83. The summed E-state index contributed by atoms with van der Waals surface area (Å²) in [7, 11) is 3.53. The van der Waals surface area contributed by atoms with E-state index < -0.39 is 10.0 Å². The average molecular weight is 397 g/mol. The Morgan fingerprint density at radius 3 is 2.22 bits per heavy atom. The number of benzene rings is 1. The van der Waals surface area contributed by atoms with Crippen molar-refractivity contribution in [3.63, 3.8) is 0 Å². The van der Waals surface area contributed by atoms with Gasteiger partial charge < -0.3 is 9.80 Å². The van der Waals surface area contributed by atoms with E-state index in [1.165, 1.54) is 26.2 Å². The topological polar surface area (TPSA) is 64.2 Å². The fourth-order valence-corrected chi connectivity index (χ4v) is 4.41. The van der Waals surface area contributed by atoms with Crippen LogP contribution in [-0.2, 0) is 10.0 Å². The van der Waals surface area contributed by atoms with Gasteiger partial charge in [-0.15, -0.1) is 0 Å². The van der Waals surface area contributed by atoms with Crippen LogP contribution in [-0.4, -0.2) is 99.8 Å². The number of likely N-dealkylation sites (N-methyl/N-ethyl adjacent to an activating group) is 1. The van der Waals surface area contributed by atoms with Crippen LogP contribution in [0.4, 0.5) is 0 Å². The van der Waals surface area contributed by atoms with Crippen molar-refractivity contribution in [1.29, 1.82) is 0 Å². The number of hydrogen-bond donors (Lipinski definition) is 0. The quantitative estimate of drug-likeness (QED) is 0.719. The number of amides is 1. The molecule has 1 aromatic rings. The molecule has 1 aliphatic heterocycles. The van der Waals surface area contributed by atoms with E-state index in [1.807, 2.05) is 4.90 Å². The monoisotopic (exact) mass is 396 g/mol. The molecule has 0 N–H and O–H groups in total. The molecule has 0 saturated carbocycles. The molecule has 0 bridgehead atoms. The lowest BCUT2D eigenvalue weighted by Gasteiger charge is -2.44. The van der Waals surface area contributed by atoms with Gasteiger partial charge in [0.15, 0.2) is 0 Å². The molecular formula is C19H32N4O3S. The highest BCUT2D eigenvalue weighted by atomic mass is 32.2. The van der Waals surface area contributed by atoms with Crippen LogP contribution in [0.15, 0.2) is 29.2 Å². The minimum atomic E-state index is -3.56. The molecule has 0 spiro atoms. The molecule has 2 atom stereocenters. The molecule has 1 saturated heterocycles. The summed E-state index contributed by atoms with van der Waals surface area (Å²) in [5.74, 6) is -0.114. The van der Waals surface area contributed by atoms with Gasteiger partial charge in [-0.3, -0.25) is 9.69 Å². The van der Waals surface area contributed by atoms with Crippen molar-refractivity contribution >= 4 is 15.9 Å². The maximum Gasteiger partial charge on any atom is 0.254 e. The Kier molecular flexibility index (Phi) is 7.02. The molecule has 7 nitrogen and oxygen atoms in total. The Balaban J connectivity index is 2.15. The third-order valence-electron chi connectivity index (χ3n) is 5.05. The molecule has 1 fully saturated rings. The van der Waals surface area contributed by atoms with E-state index in [2.05, 4.69) is 37.7 Å². The zero-order valence-corrected chi connectivity index (χ0v) is 18.0. The van der Waals surface area contributed by atoms with Crippen molar-refractivity contribution in [3.8, 4) is 0 Å². The smallest absolute Gasteiger partial charge is 0.254 e. The summed E-state index contributed by atoms with van der Waals surface area (Å²) >= 11 is 0. The second-order valence-corrected chi connectivity index (χ2v) is 9.92. The first-order valence-electron chi connectivity index (χ1n) is 9.26. The minimum absolute atomic E-state index is 0.114. The van der Waals surface area contributed by atoms with Gasteiger partial charge >= 0.3 is 0 Å². The van der Waals surface area contributed by atoms with Gasteiger partial charge in [-0.05, 0) is 46.1 Å². The lowest BCUT2D eigenvalue weighted by molar-refractivity contribution is 0.0282. The molecule has 0 aliphatic carbocycles. The summed E-state index contributed by atoms with van der Waals surface area (Å²) in [6.45, 7) is 7.50. The van der Waals surface area contributed by atoms with Crippen LogP contribution in [0.2, 0.25) is 0 Å². The van der Waals surface area contributed by atoms with Crippen LogP contribution in [0.1, 0.15) is 24.2 Å². The SMILES string of the molecule is CC1CN(C(=O)c2cccc(S(=O)(=O)N(C)C)c2)CC(C)N1CCN(C)C. The predicted molar refractivity (Wildman–Crippen MR) is 107 cm³/mol. The van der Waals surface area contributed by atoms with Crippen molar-refractivity contribution in [2.45, 2.75) is 30.8 Å². The third-order valence-corrected chi connectivity index (χ3v) is 6.86. The molecule has 1 heterocycles. The van der Waals surface area contributed by atoms with Gasteiger partial charge in [0.1, 0.15) is 0 Å². The third kappa shape index (κ3) is 5.07. The van der Waals surface area contributed by atoms with Crippen LogP contribution in [0.5, 0.6) is 0 Å². The van der Waals surface area contributed by atoms with E-state index in [0.717, 1.165) is 17.4 Å². The van der Waals surface area contributed by atoms with E-state index in [0.29, 0.717) is 18.7 Å². The predicted octanol–water partition coefficient (Wildman–Crippen LogP) is 1.03. The Morgan fingerprint density at radius 1 is 1.11 bits per heavy atom. The fourth-order valence-electron chi connectivity index (χ4n) is 3.46. The Labute approximate surface area is 163 Å². The first-order chi connectivity index (χ1) is 12.5. The van der Waals surface area contributed by atoms with E-state index in [-0.39, 0.29) is 22.9 Å². The standard InChI is InChI=1S/C19H32N4O3S/c1-15-13-22(14-16(2)23(15)11-10-20(3)4)19(24)17-8-7-9-18(12-17)27(25,26)21(5)6/h7-9,12,15-16H,10-11,13-14H2,1-6H3. The van der Waals surface area contributed by atoms with Crippen molar-refractivity contribution in [1.82, 2.24) is 19.0 Å². The lowest BCUT2D eigenvalue weighted by atomic mass is 10.1. The summed E-state index contributed by atoms with van der Waals surface area (Å²) < 4.78 is 25.9. The molecular weight excluding hydrogens is 364 g/mol. The van der Waals surface area contributed by atoms with E-state index in [9.17, 15) is 13.2 Å². The zero-order chi connectivity index (χ0) is 20.4. The number of nitrogens with zero attached hydrogens (tertiary/aromatic N) is 4. The van der Waals surface area contributed by atoms with Crippen molar-refractivity contribution < 1.29 is 13.2 Å². The molecule has 1 aromatic carbocycles. The Hall–Kier alpha value is -1.48. The van der Waals surface area contributed by atoms with Gasteiger partial charge in [-0.1, -0.05) is 6.07 Å². The van der Waals surface area contributed by atoms with Gasteiger partial charge in [0.25, 0.3) is 5.91 Å². The molecule has 1 aliphatic rings. The van der Waals surface area contributed by atoms with Crippen LogP contribution in [0.3, 0.4) is 0 Å². The average Bonchev–Trinajstić information content (AvgIpc) is 2.59. The molecule has 27 heavy (non-hydrogen) atoms. The molecule has 2 unspecified atom stereocenters. The summed E-state index contributed by atoms with van der Waals surface area (Å²) in [5, 5.41) is 0. The first-order valence-corrected chi connectivity index (χ1v) is 10.7. The van der Waals surface area contributed by atoms with E-state index >= 15 is 0 Å². The number of rotatable bonds is 6. The number of carbonyl (C=O) groups is 1. The van der Waals surface area contributed by atoms with E-state index in [4.69, 9.17) is 0 Å². The minimum Gasteiger partial charge on any atom is -0.336 e. The molecule has 1 amide bonds. The maximum atomic E-state index is 13.0. The fraction of sp³-hybridized carbons (Fsp3) is 0.632. The van der Waals surface area contributed by atoms with E-state index in [1.54, 1.807) is 12.1 Å². The van der Waals surface area contributed by atoms with Crippen molar-refractivity contribution in [2.75, 3.05) is 54.4 Å². The first kappa shape index (κ1) is 21.8. The molecule has 0 aromatic heterocycles. The Bertz CT molecular complexity index is 752. The van der Waals surface area contributed by atoms with Crippen LogP contribution in [0, 0.1) is 0 Å². The van der Waals surface area contributed by atoms with Crippen LogP contribution >= 0.6 is 0 Å². The highest BCUT2D eigenvalue weighted by Gasteiger charge is 2.32. The molecule has 8 heteroatoms. The second-order valence-electron chi connectivity index (χ2n) is 7.76. The van der Waals surface area contributed by atoms with Gasteiger partial charge in [0.2, 0.25) is 10.0 Å². The van der Waals surface area contributed by atoms with Crippen LogP contribution < -0.4 is 0 Å². The van der Waals surface area contributed by atoms with Gasteiger partial charge in [0.05, 0.1) is 4.90 Å². The summed E-state index contributed by atoms with van der Waals surface area (Å²) in [5.41, 5.74) is 0.416. The van der Waals surface area contributed by atoms with Crippen LogP contribution in [0.25, 0.3) is 0 Å². The largest absolute Gasteiger partial charge is 0.336 e. The summed E-state index contributed by atoms with van der Waals surface area (Å²) in [4.78, 5) is 19.6. The number of carbonyl (C=O) groups excluding carboxylic acids is 1. The normalized spacial score (nSPS) is 21.9.